The topological polar surface area (TPSA) is 43.8 Å². The Morgan fingerprint density at radius 2 is 1.88 bits per heavy atom. The van der Waals surface area contributed by atoms with Crippen molar-refractivity contribution in [2.75, 3.05) is 0 Å². The molecule has 2 atom stereocenters. The van der Waals surface area contributed by atoms with Gasteiger partial charge < -0.3 is 10.3 Å². The summed E-state index contributed by atoms with van der Waals surface area (Å²) in [7, 11) is 0. The average molecular weight is 215 g/mol. The van der Waals surface area contributed by atoms with Crippen molar-refractivity contribution in [2.45, 2.75) is 25.9 Å². The van der Waals surface area contributed by atoms with Gasteiger partial charge >= 0.3 is 0 Å². The lowest BCUT2D eigenvalue weighted by molar-refractivity contribution is 0.582. The molecule has 0 aliphatic heterocycles. The fraction of sp³-hybridized carbons (Fsp3) is 0.308. The van der Waals surface area contributed by atoms with Gasteiger partial charge in [-0.25, -0.2) is 4.98 Å². The van der Waals surface area contributed by atoms with E-state index in [1.807, 2.05) is 37.6 Å². The van der Waals surface area contributed by atoms with Crippen LogP contribution in [0.25, 0.3) is 0 Å². The lowest BCUT2D eigenvalue weighted by Crippen LogP contribution is -2.15. The Morgan fingerprint density at radius 1 is 1.19 bits per heavy atom. The van der Waals surface area contributed by atoms with Crippen LogP contribution in [-0.2, 0) is 0 Å². The molecule has 0 saturated heterocycles. The number of hydrogen-bond acceptors (Lipinski definition) is 2. The molecule has 1 heterocycles. The Hall–Kier alpha value is -1.61. The number of imidazole rings is 1. The molecule has 0 aliphatic carbocycles. The van der Waals surface area contributed by atoms with Crippen LogP contribution in [0, 0.1) is 0 Å². The summed E-state index contributed by atoms with van der Waals surface area (Å²) in [6, 6.07) is 10.6. The van der Waals surface area contributed by atoms with E-state index >= 15 is 0 Å². The monoisotopic (exact) mass is 215 g/mol. The van der Waals surface area contributed by atoms with Gasteiger partial charge in [0.15, 0.2) is 0 Å². The van der Waals surface area contributed by atoms with Crippen LogP contribution in [-0.4, -0.2) is 9.55 Å². The van der Waals surface area contributed by atoms with Crippen molar-refractivity contribution >= 4 is 0 Å². The SMILES string of the molecule is CC(N)c1cncn1C(C)c1ccccc1. The largest absolute Gasteiger partial charge is 0.326 e. The van der Waals surface area contributed by atoms with Gasteiger partial charge in [0.2, 0.25) is 0 Å². The van der Waals surface area contributed by atoms with Crippen LogP contribution < -0.4 is 5.73 Å². The van der Waals surface area contributed by atoms with Crippen molar-refractivity contribution in [3.05, 3.63) is 54.1 Å². The molecule has 0 amide bonds. The average Bonchev–Trinajstić information content (AvgIpc) is 2.78. The van der Waals surface area contributed by atoms with E-state index in [1.165, 1.54) is 5.56 Å². The zero-order chi connectivity index (χ0) is 11.5. The number of benzene rings is 1. The highest BCUT2D eigenvalue weighted by molar-refractivity contribution is 5.21. The van der Waals surface area contributed by atoms with Crippen LogP contribution in [0.3, 0.4) is 0 Å². The maximum atomic E-state index is 5.91. The molecule has 3 nitrogen and oxygen atoms in total. The third kappa shape index (κ3) is 1.99. The van der Waals surface area contributed by atoms with Gasteiger partial charge in [-0.2, -0.15) is 0 Å². The first-order chi connectivity index (χ1) is 7.70. The van der Waals surface area contributed by atoms with Crippen LogP contribution in [0.5, 0.6) is 0 Å². The minimum absolute atomic E-state index is 0.00802. The fourth-order valence-corrected chi connectivity index (χ4v) is 1.88. The summed E-state index contributed by atoms with van der Waals surface area (Å²) in [5.41, 5.74) is 8.25. The van der Waals surface area contributed by atoms with E-state index in [1.54, 1.807) is 0 Å². The lowest BCUT2D eigenvalue weighted by atomic mass is 10.1. The molecular weight excluding hydrogens is 198 g/mol. The smallest absolute Gasteiger partial charge is 0.0954 e. The number of rotatable bonds is 3. The quantitative estimate of drug-likeness (QED) is 0.855. The molecule has 0 aliphatic rings. The summed E-state index contributed by atoms with van der Waals surface area (Å²) in [5, 5.41) is 0. The van der Waals surface area contributed by atoms with Gasteiger partial charge in [0.1, 0.15) is 0 Å². The van der Waals surface area contributed by atoms with Gasteiger partial charge in [-0.05, 0) is 19.4 Å². The van der Waals surface area contributed by atoms with Crippen molar-refractivity contribution in [3.63, 3.8) is 0 Å². The Morgan fingerprint density at radius 3 is 2.50 bits per heavy atom. The number of hydrogen-bond donors (Lipinski definition) is 1. The fourth-order valence-electron chi connectivity index (χ4n) is 1.88. The first-order valence-corrected chi connectivity index (χ1v) is 5.52. The van der Waals surface area contributed by atoms with Gasteiger partial charge in [-0.1, -0.05) is 30.3 Å². The molecule has 0 spiro atoms. The molecule has 1 aromatic heterocycles. The van der Waals surface area contributed by atoms with Crippen LogP contribution >= 0.6 is 0 Å². The summed E-state index contributed by atoms with van der Waals surface area (Å²) >= 11 is 0. The first kappa shape index (κ1) is 10.9. The van der Waals surface area contributed by atoms with E-state index in [9.17, 15) is 0 Å². The van der Waals surface area contributed by atoms with Gasteiger partial charge in [0, 0.05) is 12.2 Å². The van der Waals surface area contributed by atoms with Gasteiger partial charge in [0.25, 0.3) is 0 Å². The Labute approximate surface area is 95.9 Å². The summed E-state index contributed by atoms with van der Waals surface area (Å²) in [5.74, 6) is 0. The number of nitrogens with two attached hydrogens (primary N) is 1. The summed E-state index contributed by atoms with van der Waals surface area (Å²) < 4.78 is 2.12. The van der Waals surface area contributed by atoms with Crippen LogP contribution in [0.1, 0.15) is 37.2 Å². The highest BCUT2D eigenvalue weighted by Gasteiger charge is 2.13. The third-order valence-corrected chi connectivity index (χ3v) is 2.86. The predicted molar refractivity (Wildman–Crippen MR) is 65.1 cm³/mol. The molecule has 2 aromatic rings. The zero-order valence-corrected chi connectivity index (χ0v) is 9.67. The molecule has 2 rings (SSSR count). The van der Waals surface area contributed by atoms with E-state index in [0.29, 0.717) is 0 Å². The van der Waals surface area contributed by atoms with Gasteiger partial charge in [-0.3, -0.25) is 0 Å². The molecule has 0 bridgehead atoms. The van der Waals surface area contributed by atoms with E-state index in [0.717, 1.165) is 5.69 Å². The minimum Gasteiger partial charge on any atom is -0.326 e. The van der Waals surface area contributed by atoms with Crippen molar-refractivity contribution in [1.82, 2.24) is 9.55 Å². The maximum Gasteiger partial charge on any atom is 0.0954 e. The van der Waals surface area contributed by atoms with Crippen molar-refractivity contribution in [2.24, 2.45) is 5.73 Å². The number of nitrogens with zero attached hydrogens (tertiary/aromatic N) is 2. The second-order valence-electron chi connectivity index (χ2n) is 4.10. The third-order valence-electron chi connectivity index (χ3n) is 2.86. The van der Waals surface area contributed by atoms with E-state index in [2.05, 4.69) is 28.6 Å². The molecular formula is C13H17N3. The Balaban J connectivity index is 2.34. The number of aromatic nitrogens is 2. The summed E-state index contributed by atoms with van der Waals surface area (Å²) in [6.07, 6.45) is 3.68. The van der Waals surface area contributed by atoms with Crippen LogP contribution in [0.4, 0.5) is 0 Å². The highest BCUT2D eigenvalue weighted by Crippen LogP contribution is 2.21. The first-order valence-electron chi connectivity index (χ1n) is 5.52. The normalized spacial score (nSPS) is 14.7. The van der Waals surface area contributed by atoms with Crippen molar-refractivity contribution in [3.8, 4) is 0 Å². The minimum atomic E-state index is 0.00802. The Bertz CT molecular complexity index is 445. The standard InChI is InChI=1S/C13H17N3/c1-10(14)13-8-15-9-16(13)11(2)12-6-4-3-5-7-12/h3-11H,14H2,1-2H3. The van der Waals surface area contributed by atoms with E-state index in [4.69, 9.17) is 5.73 Å². The molecule has 84 valence electrons. The molecule has 0 fully saturated rings. The lowest BCUT2D eigenvalue weighted by Gasteiger charge is -2.18. The molecule has 3 heteroatoms. The predicted octanol–water partition coefficient (Wildman–Crippen LogP) is 2.51. The van der Waals surface area contributed by atoms with Crippen LogP contribution in [0.2, 0.25) is 0 Å². The molecule has 2 N–H and O–H groups in total. The van der Waals surface area contributed by atoms with Gasteiger partial charge in [0.05, 0.1) is 18.1 Å². The molecule has 0 saturated carbocycles. The van der Waals surface area contributed by atoms with Gasteiger partial charge in [-0.15, -0.1) is 0 Å². The van der Waals surface area contributed by atoms with Crippen molar-refractivity contribution < 1.29 is 0 Å². The molecule has 16 heavy (non-hydrogen) atoms. The zero-order valence-electron chi connectivity index (χ0n) is 9.67. The highest BCUT2D eigenvalue weighted by atomic mass is 15.1. The molecule has 1 aromatic carbocycles. The van der Waals surface area contributed by atoms with E-state index < -0.39 is 0 Å². The van der Waals surface area contributed by atoms with Crippen molar-refractivity contribution in [1.29, 1.82) is 0 Å². The second kappa shape index (κ2) is 4.49. The second-order valence-corrected chi connectivity index (χ2v) is 4.10. The summed E-state index contributed by atoms with van der Waals surface area (Å²) in [4.78, 5) is 4.17. The van der Waals surface area contributed by atoms with E-state index in [-0.39, 0.29) is 12.1 Å². The molecule has 0 radical (unpaired) electrons. The van der Waals surface area contributed by atoms with Crippen LogP contribution in [0.15, 0.2) is 42.9 Å². The Kier molecular flexibility index (Phi) is 3.06. The summed E-state index contributed by atoms with van der Waals surface area (Å²) in [6.45, 7) is 4.13. The maximum absolute atomic E-state index is 5.91. The molecule has 2 unspecified atom stereocenters.